The van der Waals surface area contributed by atoms with Gasteiger partial charge in [0, 0.05) is 30.2 Å². The molecule has 176 valence electrons. The zero-order valence-corrected chi connectivity index (χ0v) is 18.5. The number of hydrogen-bond acceptors (Lipinski definition) is 6. The summed E-state index contributed by atoms with van der Waals surface area (Å²) >= 11 is 0.921. The van der Waals surface area contributed by atoms with Crippen LogP contribution < -0.4 is 10.5 Å². The maximum Gasteiger partial charge on any atom is 0.365 e. The Hall–Kier alpha value is -2.83. The smallest absolute Gasteiger partial charge is 0.365 e. The van der Waals surface area contributed by atoms with Gasteiger partial charge in [-0.05, 0) is 37.2 Å². The fraction of sp³-hybridized carbons (Fsp3) is 0.333. The maximum atomic E-state index is 14.6. The van der Waals surface area contributed by atoms with E-state index in [4.69, 9.17) is 15.3 Å². The molecule has 4 rings (SSSR count). The van der Waals surface area contributed by atoms with Crippen molar-refractivity contribution in [2.45, 2.75) is 11.3 Å². The summed E-state index contributed by atoms with van der Waals surface area (Å²) in [7, 11) is 2.59. The van der Waals surface area contributed by atoms with Crippen LogP contribution in [-0.4, -0.2) is 48.5 Å². The molecule has 2 N–H and O–H groups in total. The first-order valence-corrected chi connectivity index (χ1v) is 10.7. The molecule has 2 aromatic carbocycles. The van der Waals surface area contributed by atoms with Crippen molar-refractivity contribution in [2.75, 3.05) is 27.3 Å². The lowest BCUT2D eigenvalue weighted by Crippen LogP contribution is -2.54. The average Bonchev–Trinajstić information content (AvgIpc) is 3.18. The zero-order valence-electron chi connectivity index (χ0n) is 17.6. The molecule has 0 aliphatic carbocycles. The van der Waals surface area contributed by atoms with Crippen LogP contribution in [0, 0.1) is 29.2 Å². The fourth-order valence-electron chi connectivity index (χ4n) is 3.90. The average molecular weight is 484 g/mol. The molecule has 2 aromatic rings. The topological polar surface area (TPSA) is 80.4 Å². The minimum Gasteiger partial charge on any atom is -0.493 e. The second-order valence-electron chi connectivity index (χ2n) is 7.45. The first-order valence-electron chi connectivity index (χ1n) is 9.90. The van der Waals surface area contributed by atoms with Gasteiger partial charge in [-0.15, -0.1) is 0 Å². The Morgan fingerprint density at radius 1 is 1.27 bits per heavy atom. The van der Waals surface area contributed by atoms with Gasteiger partial charge in [0.2, 0.25) is 0 Å². The van der Waals surface area contributed by atoms with E-state index in [-0.39, 0.29) is 35.1 Å². The van der Waals surface area contributed by atoms with Gasteiger partial charge in [-0.2, -0.15) is 10.1 Å². The highest BCUT2D eigenvalue weighted by Gasteiger charge is 2.58. The molecule has 0 aromatic heterocycles. The number of fused-ring (bicyclic) bond motifs is 2. The van der Waals surface area contributed by atoms with Crippen LogP contribution in [0.4, 0.5) is 22.4 Å². The molecule has 0 bridgehead atoms. The van der Waals surface area contributed by atoms with E-state index in [0.717, 1.165) is 52.2 Å². The lowest BCUT2D eigenvalue weighted by Gasteiger charge is -2.45. The predicted molar refractivity (Wildman–Crippen MR) is 113 cm³/mol. The van der Waals surface area contributed by atoms with Gasteiger partial charge >= 0.3 is 6.03 Å². The number of hydrogen-bond donors (Lipinski definition) is 1. The van der Waals surface area contributed by atoms with E-state index < -0.39 is 40.1 Å². The summed E-state index contributed by atoms with van der Waals surface area (Å²) in [4.78, 5) is 16.8. The normalized spacial score (nSPS) is 21.6. The molecule has 2 aliphatic heterocycles. The van der Waals surface area contributed by atoms with Crippen LogP contribution >= 0.6 is 11.8 Å². The number of carbonyl (C=O) groups is 1. The Kier molecular flexibility index (Phi) is 6.25. The number of thioether (sulfide) groups is 1. The van der Waals surface area contributed by atoms with Crippen LogP contribution in [0.5, 0.6) is 5.75 Å². The second-order valence-corrected chi connectivity index (χ2v) is 8.66. The van der Waals surface area contributed by atoms with E-state index in [1.165, 1.54) is 14.2 Å². The summed E-state index contributed by atoms with van der Waals surface area (Å²) in [5.41, 5.74) is 5.73. The van der Waals surface area contributed by atoms with Crippen molar-refractivity contribution in [3.8, 4) is 5.75 Å². The van der Waals surface area contributed by atoms with E-state index in [1.54, 1.807) is 0 Å². The molecular formula is C21H20F4N4O3S. The summed E-state index contributed by atoms with van der Waals surface area (Å²) in [6, 6.07) is 3.89. The lowest BCUT2D eigenvalue weighted by molar-refractivity contribution is -0.0846. The van der Waals surface area contributed by atoms with Crippen molar-refractivity contribution in [1.29, 1.82) is 0 Å². The molecule has 2 aliphatic rings. The molecule has 2 amide bonds. The second kappa shape index (κ2) is 8.84. The molecule has 7 nitrogen and oxygen atoms in total. The van der Waals surface area contributed by atoms with Gasteiger partial charge in [-0.25, -0.2) is 27.4 Å². The lowest BCUT2D eigenvalue weighted by atomic mass is 9.86. The molecule has 2 heterocycles. The van der Waals surface area contributed by atoms with Gasteiger partial charge in [-0.1, -0.05) is 11.8 Å². The minimum atomic E-state index is -1.49. The van der Waals surface area contributed by atoms with Gasteiger partial charge in [0.15, 0.2) is 16.5 Å². The summed E-state index contributed by atoms with van der Waals surface area (Å²) < 4.78 is 62.6. The molecule has 0 saturated carbocycles. The summed E-state index contributed by atoms with van der Waals surface area (Å²) in [6.07, 6.45) is 0.306. The van der Waals surface area contributed by atoms with Gasteiger partial charge in [0.05, 0.1) is 13.7 Å². The molecular weight excluding hydrogens is 464 g/mol. The number of hydrazone groups is 1. The van der Waals surface area contributed by atoms with E-state index in [1.807, 2.05) is 0 Å². The predicted octanol–water partition coefficient (Wildman–Crippen LogP) is 3.78. The number of hydroxylamine groups is 2. The van der Waals surface area contributed by atoms with Crippen molar-refractivity contribution in [3.05, 3.63) is 64.7 Å². The van der Waals surface area contributed by atoms with Crippen LogP contribution in [0.2, 0.25) is 0 Å². The third-order valence-electron chi connectivity index (χ3n) is 5.56. The van der Waals surface area contributed by atoms with Crippen LogP contribution in [0.25, 0.3) is 0 Å². The van der Waals surface area contributed by atoms with Gasteiger partial charge in [-0.3, -0.25) is 4.84 Å². The number of nitrogens with two attached hydrogens (primary N) is 1. The fourth-order valence-corrected chi connectivity index (χ4v) is 5.41. The number of benzene rings is 2. The van der Waals surface area contributed by atoms with Crippen molar-refractivity contribution in [1.82, 2.24) is 10.1 Å². The third-order valence-corrected chi connectivity index (χ3v) is 7.09. The third kappa shape index (κ3) is 3.81. The Morgan fingerprint density at radius 3 is 2.70 bits per heavy atom. The molecule has 0 saturated heterocycles. The largest absolute Gasteiger partial charge is 0.493 e. The van der Waals surface area contributed by atoms with Gasteiger partial charge in [0.25, 0.3) is 0 Å². The number of urea groups is 1. The van der Waals surface area contributed by atoms with Gasteiger partial charge in [0.1, 0.15) is 22.4 Å². The Bertz CT molecular complexity index is 1130. The van der Waals surface area contributed by atoms with Crippen molar-refractivity contribution in [2.24, 2.45) is 16.8 Å². The molecule has 1 spiro atoms. The summed E-state index contributed by atoms with van der Waals surface area (Å²) in [6.45, 7) is 0.179. The number of amides is 2. The monoisotopic (exact) mass is 484 g/mol. The number of ether oxygens (including phenoxy) is 1. The van der Waals surface area contributed by atoms with Crippen molar-refractivity contribution >= 4 is 22.8 Å². The van der Waals surface area contributed by atoms with Crippen LogP contribution in [-0.2, 0) is 9.71 Å². The van der Waals surface area contributed by atoms with E-state index in [2.05, 4.69) is 5.10 Å². The summed E-state index contributed by atoms with van der Waals surface area (Å²) in [5.74, 6) is -4.32. The first kappa shape index (κ1) is 23.3. The maximum absolute atomic E-state index is 14.6. The molecule has 2 unspecified atom stereocenters. The highest BCUT2D eigenvalue weighted by Crippen LogP contribution is 2.58. The summed E-state index contributed by atoms with van der Waals surface area (Å²) in [5, 5.41) is 6.18. The Balaban J connectivity index is 1.96. The molecule has 0 fully saturated rings. The first-order chi connectivity index (χ1) is 15.7. The number of carbonyl (C=O) groups excluding carboxylic acids is 1. The highest BCUT2D eigenvalue weighted by molar-refractivity contribution is 8.15. The number of rotatable bonds is 4. The van der Waals surface area contributed by atoms with Crippen LogP contribution in [0.1, 0.15) is 17.5 Å². The van der Waals surface area contributed by atoms with Gasteiger partial charge < -0.3 is 10.5 Å². The molecule has 12 heteroatoms. The quantitative estimate of drug-likeness (QED) is 0.528. The Labute approximate surface area is 191 Å². The SMILES string of the molecule is CON(C)C(=O)N1N=C(c2cc(F)ccc2F)SC12c1cc(F)c(F)cc1OCC2CCN. The van der Waals surface area contributed by atoms with E-state index in [0.29, 0.717) is 6.42 Å². The Morgan fingerprint density at radius 2 is 2.00 bits per heavy atom. The van der Waals surface area contributed by atoms with Crippen LogP contribution in [0.3, 0.4) is 0 Å². The molecule has 0 radical (unpaired) electrons. The van der Waals surface area contributed by atoms with E-state index in [9.17, 15) is 22.4 Å². The molecule has 2 atom stereocenters. The molecule has 33 heavy (non-hydrogen) atoms. The number of halogens is 4. The zero-order chi connectivity index (χ0) is 23.9. The van der Waals surface area contributed by atoms with Crippen LogP contribution in [0.15, 0.2) is 35.4 Å². The van der Waals surface area contributed by atoms with Crippen molar-refractivity contribution in [3.63, 3.8) is 0 Å². The minimum absolute atomic E-state index is 0.00280. The van der Waals surface area contributed by atoms with E-state index >= 15 is 0 Å². The standard InChI is InChI=1S/C21H20F4N4O3S/c1-28(31-2)20(30)29-21(33-19(27-29)13-7-12(22)3-4-15(13)23)11(5-6-26)10-32-18-9-17(25)16(24)8-14(18)21/h3-4,7-9,11H,5-6,10,26H2,1-2H3. The number of nitrogens with zero attached hydrogens (tertiary/aromatic N) is 3. The highest BCUT2D eigenvalue weighted by atomic mass is 32.2. The van der Waals surface area contributed by atoms with Crippen molar-refractivity contribution < 1.29 is 31.9 Å².